The van der Waals surface area contributed by atoms with Crippen LogP contribution in [-0.2, 0) is 27.8 Å². The van der Waals surface area contributed by atoms with E-state index in [0.717, 1.165) is 44.5 Å². The maximum atomic E-state index is 10.7. The van der Waals surface area contributed by atoms with Gasteiger partial charge in [-0.1, -0.05) is 54.6 Å². The fraction of sp³-hybridized carbons (Fsp3) is 0.381. The van der Waals surface area contributed by atoms with Crippen molar-refractivity contribution in [3.63, 3.8) is 0 Å². The predicted molar refractivity (Wildman–Crippen MR) is 94.3 cm³/mol. The van der Waals surface area contributed by atoms with Crippen LogP contribution in [0.1, 0.15) is 36.0 Å². The Balaban J connectivity index is 1.59. The SMILES string of the molecule is O=C(O)Cc1ccc(CCCC2(c3ccccc3)CCOC2)cc1. The summed E-state index contributed by atoms with van der Waals surface area (Å²) in [6, 6.07) is 18.7. The molecule has 1 fully saturated rings. The summed E-state index contributed by atoms with van der Waals surface area (Å²) in [6.07, 6.45) is 4.43. The maximum Gasteiger partial charge on any atom is 0.307 e. The molecule has 126 valence electrons. The van der Waals surface area contributed by atoms with E-state index in [1.54, 1.807) is 0 Å². The quantitative estimate of drug-likeness (QED) is 0.837. The van der Waals surface area contributed by atoms with E-state index in [-0.39, 0.29) is 11.8 Å². The number of ether oxygens (including phenoxy) is 1. The van der Waals surface area contributed by atoms with Gasteiger partial charge >= 0.3 is 5.97 Å². The van der Waals surface area contributed by atoms with Crippen molar-refractivity contribution in [2.24, 2.45) is 0 Å². The minimum absolute atomic E-state index is 0.0920. The van der Waals surface area contributed by atoms with Crippen LogP contribution in [0.25, 0.3) is 0 Å². The fourth-order valence-electron chi connectivity index (χ4n) is 3.60. The lowest BCUT2D eigenvalue weighted by Crippen LogP contribution is -2.26. The molecule has 0 radical (unpaired) electrons. The number of aliphatic carboxylic acids is 1. The molecule has 1 N–H and O–H groups in total. The van der Waals surface area contributed by atoms with Gasteiger partial charge in [0.25, 0.3) is 0 Å². The third-order valence-corrected chi connectivity index (χ3v) is 4.99. The van der Waals surface area contributed by atoms with E-state index in [2.05, 4.69) is 42.5 Å². The Morgan fingerprint density at radius 3 is 2.38 bits per heavy atom. The molecule has 0 bridgehead atoms. The molecule has 1 unspecified atom stereocenters. The number of hydrogen-bond acceptors (Lipinski definition) is 2. The molecule has 1 saturated heterocycles. The van der Waals surface area contributed by atoms with Gasteiger partial charge < -0.3 is 9.84 Å². The topological polar surface area (TPSA) is 46.5 Å². The summed E-state index contributed by atoms with van der Waals surface area (Å²) in [7, 11) is 0. The zero-order chi connectivity index (χ0) is 16.8. The molecular formula is C21H24O3. The van der Waals surface area contributed by atoms with E-state index in [1.807, 2.05) is 12.1 Å². The van der Waals surface area contributed by atoms with E-state index in [1.165, 1.54) is 11.1 Å². The van der Waals surface area contributed by atoms with Crippen molar-refractivity contribution in [3.05, 3.63) is 71.3 Å². The second-order valence-corrected chi connectivity index (χ2v) is 6.69. The van der Waals surface area contributed by atoms with Crippen LogP contribution in [0.4, 0.5) is 0 Å². The molecule has 3 rings (SSSR count). The Labute approximate surface area is 143 Å². The standard InChI is InChI=1S/C21H24O3/c22-20(23)15-18-10-8-17(9-11-18)5-4-12-21(13-14-24-16-21)19-6-2-1-3-7-19/h1-3,6-11H,4-5,12-16H2,(H,22,23). The Morgan fingerprint density at radius 1 is 1.04 bits per heavy atom. The van der Waals surface area contributed by atoms with Gasteiger partial charge in [-0.3, -0.25) is 4.79 Å². The molecule has 1 aliphatic heterocycles. The van der Waals surface area contributed by atoms with Gasteiger partial charge in [-0.25, -0.2) is 0 Å². The normalized spacial score (nSPS) is 20.2. The van der Waals surface area contributed by atoms with Crippen LogP contribution in [0.5, 0.6) is 0 Å². The zero-order valence-electron chi connectivity index (χ0n) is 13.9. The van der Waals surface area contributed by atoms with Crippen molar-refractivity contribution < 1.29 is 14.6 Å². The molecule has 2 aromatic carbocycles. The van der Waals surface area contributed by atoms with Gasteiger partial charge in [0.15, 0.2) is 0 Å². The Morgan fingerprint density at radius 2 is 1.75 bits per heavy atom. The molecule has 24 heavy (non-hydrogen) atoms. The van der Waals surface area contributed by atoms with Gasteiger partial charge in [-0.2, -0.15) is 0 Å². The van der Waals surface area contributed by atoms with Crippen LogP contribution in [0.3, 0.4) is 0 Å². The highest BCUT2D eigenvalue weighted by Crippen LogP contribution is 2.37. The highest BCUT2D eigenvalue weighted by Gasteiger charge is 2.35. The molecule has 0 saturated carbocycles. The third kappa shape index (κ3) is 4.04. The molecule has 3 heteroatoms. The minimum Gasteiger partial charge on any atom is -0.481 e. The van der Waals surface area contributed by atoms with Gasteiger partial charge in [0.2, 0.25) is 0 Å². The molecule has 0 aliphatic carbocycles. The van der Waals surface area contributed by atoms with Crippen molar-refractivity contribution in [3.8, 4) is 0 Å². The average molecular weight is 324 g/mol. The van der Waals surface area contributed by atoms with Crippen LogP contribution in [0.15, 0.2) is 54.6 Å². The van der Waals surface area contributed by atoms with Gasteiger partial charge in [0, 0.05) is 12.0 Å². The van der Waals surface area contributed by atoms with E-state index in [4.69, 9.17) is 9.84 Å². The minimum atomic E-state index is -0.784. The van der Waals surface area contributed by atoms with Crippen LogP contribution < -0.4 is 0 Å². The maximum absolute atomic E-state index is 10.7. The highest BCUT2D eigenvalue weighted by molar-refractivity contribution is 5.70. The number of carboxylic acid groups (broad SMARTS) is 1. The average Bonchev–Trinajstić information content (AvgIpc) is 3.07. The lowest BCUT2D eigenvalue weighted by molar-refractivity contribution is -0.136. The van der Waals surface area contributed by atoms with Crippen molar-refractivity contribution in [1.82, 2.24) is 0 Å². The molecule has 1 aliphatic rings. The highest BCUT2D eigenvalue weighted by atomic mass is 16.5. The zero-order valence-corrected chi connectivity index (χ0v) is 13.9. The summed E-state index contributed by atoms with van der Waals surface area (Å²) in [5, 5.41) is 8.82. The number of carboxylic acids is 1. The molecule has 3 nitrogen and oxygen atoms in total. The van der Waals surface area contributed by atoms with Crippen molar-refractivity contribution >= 4 is 5.97 Å². The summed E-state index contributed by atoms with van der Waals surface area (Å²) in [6.45, 7) is 1.66. The Hall–Kier alpha value is -2.13. The van der Waals surface area contributed by atoms with Crippen LogP contribution >= 0.6 is 0 Å². The molecule has 0 spiro atoms. The van der Waals surface area contributed by atoms with E-state index < -0.39 is 5.97 Å². The first-order chi connectivity index (χ1) is 11.7. The van der Waals surface area contributed by atoms with Crippen molar-refractivity contribution in [2.75, 3.05) is 13.2 Å². The largest absolute Gasteiger partial charge is 0.481 e. The Bertz CT molecular complexity index is 655. The van der Waals surface area contributed by atoms with Crippen molar-refractivity contribution in [1.29, 1.82) is 0 Å². The molecular weight excluding hydrogens is 300 g/mol. The van der Waals surface area contributed by atoms with E-state index in [9.17, 15) is 4.79 Å². The summed E-state index contributed by atoms with van der Waals surface area (Å²) in [5.41, 5.74) is 3.67. The molecule has 0 amide bonds. The number of rotatable bonds is 7. The lowest BCUT2D eigenvalue weighted by Gasteiger charge is -2.28. The second kappa shape index (κ2) is 7.63. The summed E-state index contributed by atoms with van der Waals surface area (Å²) in [4.78, 5) is 10.7. The van der Waals surface area contributed by atoms with Crippen LogP contribution in [0.2, 0.25) is 0 Å². The molecule has 0 aromatic heterocycles. The number of hydrogen-bond donors (Lipinski definition) is 1. The first kappa shape index (κ1) is 16.7. The lowest BCUT2D eigenvalue weighted by atomic mass is 9.75. The van der Waals surface area contributed by atoms with Gasteiger partial charge in [0.05, 0.1) is 13.0 Å². The Kier molecular flexibility index (Phi) is 5.31. The molecule has 1 atom stereocenters. The van der Waals surface area contributed by atoms with E-state index in [0.29, 0.717) is 0 Å². The monoisotopic (exact) mass is 324 g/mol. The first-order valence-electron chi connectivity index (χ1n) is 8.61. The van der Waals surface area contributed by atoms with Gasteiger partial charge in [-0.15, -0.1) is 0 Å². The predicted octanol–water partition coefficient (Wildman–Crippen LogP) is 3.99. The molecule has 1 heterocycles. The van der Waals surface area contributed by atoms with Gasteiger partial charge in [-0.05, 0) is 42.4 Å². The number of aryl methyl sites for hydroxylation is 1. The summed E-state index contributed by atoms with van der Waals surface area (Å²) >= 11 is 0. The van der Waals surface area contributed by atoms with Crippen LogP contribution in [-0.4, -0.2) is 24.3 Å². The number of carbonyl (C=O) groups is 1. The summed E-state index contributed by atoms with van der Waals surface area (Å²) in [5.74, 6) is -0.784. The number of benzene rings is 2. The fourth-order valence-corrected chi connectivity index (χ4v) is 3.60. The molecule has 2 aromatic rings. The third-order valence-electron chi connectivity index (χ3n) is 4.99. The van der Waals surface area contributed by atoms with Crippen molar-refractivity contribution in [2.45, 2.75) is 37.5 Å². The second-order valence-electron chi connectivity index (χ2n) is 6.69. The van der Waals surface area contributed by atoms with E-state index >= 15 is 0 Å². The van der Waals surface area contributed by atoms with Gasteiger partial charge in [0.1, 0.15) is 0 Å². The summed E-state index contributed by atoms with van der Waals surface area (Å²) < 4.78 is 5.71. The van der Waals surface area contributed by atoms with Crippen LogP contribution in [0, 0.1) is 0 Å². The first-order valence-corrected chi connectivity index (χ1v) is 8.61. The smallest absolute Gasteiger partial charge is 0.307 e.